The summed E-state index contributed by atoms with van der Waals surface area (Å²) >= 11 is 0. The molecule has 2 N–H and O–H groups in total. The van der Waals surface area contributed by atoms with E-state index in [1.54, 1.807) is 4.90 Å². The van der Waals surface area contributed by atoms with Crippen LogP contribution in [-0.2, 0) is 4.79 Å². The summed E-state index contributed by atoms with van der Waals surface area (Å²) in [5.74, 6) is 1.70. The molecule has 5 heteroatoms. The van der Waals surface area contributed by atoms with E-state index in [-0.39, 0.29) is 18.5 Å². The van der Waals surface area contributed by atoms with Crippen molar-refractivity contribution in [3.8, 4) is 12.3 Å². The van der Waals surface area contributed by atoms with Crippen LogP contribution in [0.15, 0.2) is 0 Å². The van der Waals surface area contributed by atoms with Crippen LogP contribution in [0.1, 0.15) is 33.1 Å². The summed E-state index contributed by atoms with van der Waals surface area (Å²) < 4.78 is 0. The van der Waals surface area contributed by atoms with Crippen LogP contribution in [0.2, 0.25) is 0 Å². The maximum Gasteiger partial charge on any atom is 0.317 e. The van der Waals surface area contributed by atoms with Crippen molar-refractivity contribution in [3.63, 3.8) is 0 Å². The van der Waals surface area contributed by atoms with E-state index in [9.17, 15) is 14.7 Å². The molecule has 19 heavy (non-hydrogen) atoms. The molecule has 1 aliphatic rings. The Balaban J connectivity index is 2.53. The van der Waals surface area contributed by atoms with Gasteiger partial charge in [-0.1, -0.05) is 13.8 Å². The van der Waals surface area contributed by atoms with Gasteiger partial charge in [0, 0.05) is 26.1 Å². The summed E-state index contributed by atoms with van der Waals surface area (Å²) in [5, 5.41) is 12.2. The summed E-state index contributed by atoms with van der Waals surface area (Å²) in [4.78, 5) is 25.0. The maximum atomic E-state index is 11.9. The lowest BCUT2D eigenvalue weighted by Gasteiger charge is -2.28. The minimum Gasteiger partial charge on any atom is -0.481 e. The van der Waals surface area contributed by atoms with Gasteiger partial charge in [-0.3, -0.25) is 4.79 Å². The third-order valence-corrected chi connectivity index (χ3v) is 3.89. The van der Waals surface area contributed by atoms with E-state index in [0.717, 1.165) is 6.42 Å². The number of amides is 2. The van der Waals surface area contributed by atoms with Gasteiger partial charge in [-0.05, 0) is 18.8 Å². The third kappa shape index (κ3) is 3.40. The molecule has 0 radical (unpaired) electrons. The third-order valence-electron chi connectivity index (χ3n) is 3.89. The highest BCUT2D eigenvalue weighted by Gasteiger charge is 2.48. The predicted molar refractivity (Wildman–Crippen MR) is 72.6 cm³/mol. The molecular weight excluding hydrogens is 244 g/mol. The van der Waals surface area contributed by atoms with Gasteiger partial charge in [-0.15, -0.1) is 12.3 Å². The molecule has 106 valence electrons. The Morgan fingerprint density at radius 1 is 1.53 bits per heavy atom. The van der Waals surface area contributed by atoms with Gasteiger partial charge in [0.1, 0.15) is 0 Å². The second-order valence-corrected chi connectivity index (χ2v) is 5.33. The Hall–Kier alpha value is -1.70. The summed E-state index contributed by atoms with van der Waals surface area (Å²) in [6.07, 6.45) is 7.01. The van der Waals surface area contributed by atoms with Gasteiger partial charge in [0.05, 0.1) is 5.41 Å². The number of nitrogens with one attached hydrogen (secondary N) is 1. The molecule has 1 fully saturated rings. The molecule has 0 spiro atoms. The number of nitrogens with zero attached hydrogens (tertiary/aromatic N) is 1. The largest absolute Gasteiger partial charge is 0.481 e. The fourth-order valence-electron chi connectivity index (χ4n) is 2.40. The number of carbonyl (C=O) groups is 2. The van der Waals surface area contributed by atoms with Crippen LogP contribution in [0.5, 0.6) is 0 Å². The van der Waals surface area contributed by atoms with E-state index in [1.807, 2.05) is 13.8 Å². The molecule has 5 nitrogen and oxygen atoms in total. The molecule has 2 amide bonds. The first-order chi connectivity index (χ1) is 8.94. The number of hydrogen-bond acceptors (Lipinski definition) is 2. The maximum absolute atomic E-state index is 11.9. The Labute approximate surface area is 114 Å². The molecule has 1 heterocycles. The predicted octanol–water partition coefficient (Wildman–Crippen LogP) is 1.54. The number of likely N-dealkylation sites (tertiary alicyclic amines) is 1. The topological polar surface area (TPSA) is 69.6 Å². The first-order valence-electron chi connectivity index (χ1n) is 6.63. The Morgan fingerprint density at radius 2 is 2.21 bits per heavy atom. The fourth-order valence-corrected chi connectivity index (χ4v) is 2.40. The summed E-state index contributed by atoms with van der Waals surface area (Å²) in [7, 11) is 0. The van der Waals surface area contributed by atoms with Crippen molar-refractivity contribution in [3.05, 3.63) is 0 Å². The quantitative estimate of drug-likeness (QED) is 0.586. The first kappa shape index (κ1) is 15.4. The van der Waals surface area contributed by atoms with E-state index in [0.29, 0.717) is 25.9 Å². The molecular formula is C14H22N2O3. The van der Waals surface area contributed by atoms with Gasteiger partial charge < -0.3 is 15.3 Å². The van der Waals surface area contributed by atoms with Crippen LogP contribution < -0.4 is 5.32 Å². The van der Waals surface area contributed by atoms with Crippen LogP contribution in [0.3, 0.4) is 0 Å². The minimum atomic E-state index is -0.815. The van der Waals surface area contributed by atoms with Gasteiger partial charge in [-0.2, -0.15) is 0 Å². The standard InChI is InChI=1S/C14H22N2O3/c1-4-5-6-8-15-13(19)16-9-7-14(10-16,11(2)3)12(17)18/h1,11H,5-10H2,2-3H3,(H,15,19)(H,17,18). The second-order valence-electron chi connectivity index (χ2n) is 5.33. The molecule has 0 aromatic carbocycles. The molecule has 0 saturated carbocycles. The summed E-state index contributed by atoms with van der Waals surface area (Å²) in [6.45, 7) is 5.08. The number of terminal acetylenes is 1. The Morgan fingerprint density at radius 3 is 2.68 bits per heavy atom. The summed E-state index contributed by atoms with van der Waals surface area (Å²) in [5.41, 5.74) is -0.809. The van der Waals surface area contributed by atoms with Crippen molar-refractivity contribution in [1.29, 1.82) is 0 Å². The van der Waals surface area contributed by atoms with Gasteiger partial charge in [0.15, 0.2) is 0 Å². The number of hydrogen-bond donors (Lipinski definition) is 2. The highest BCUT2D eigenvalue weighted by atomic mass is 16.4. The molecule has 0 aliphatic carbocycles. The van der Waals surface area contributed by atoms with Crippen LogP contribution >= 0.6 is 0 Å². The smallest absolute Gasteiger partial charge is 0.317 e. The average molecular weight is 266 g/mol. The Bertz CT molecular complexity index is 387. The average Bonchev–Trinajstić information content (AvgIpc) is 2.81. The molecule has 1 unspecified atom stereocenters. The number of carboxylic acids is 1. The van der Waals surface area contributed by atoms with Crippen molar-refractivity contribution in [2.45, 2.75) is 33.1 Å². The minimum absolute atomic E-state index is 0.00393. The highest BCUT2D eigenvalue weighted by Crippen LogP contribution is 2.38. The van der Waals surface area contributed by atoms with Gasteiger partial charge in [0.25, 0.3) is 0 Å². The number of carbonyl (C=O) groups excluding carboxylic acids is 1. The van der Waals surface area contributed by atoms with E-state index in [2.05, 4.69) is 11.2 Å². The number of rotatable bonds is 5. The van der Waals surface area contributed by atoms with Gasteiger partial charge in [-0.25, -0.2) is 4.79 Å². The zero-order valence-electron chi connectivity index (χ0n) is 11.6. The number of unbranched alkanes of at least 4 members (excludes halogenated alkanes) is 1. The second kappa shape index (κ2) is 6.46. The number of aliphatic carboxylic acids is 1. The van der Waals surface area contributed by atoms with Crippen molar-refractivity contribution in [1.82, 2.24) is 10.2 Å². The van der Waals surface area contributed by atoms with Gasteiger partial charge >= 0.3 is 12.0 Å². The van der Waals surface area contributed by atoms with E-state index < -0.39 is 11.4 Å². The van der Waals surface area contributed by atoms with Crippen molar-refractivity contribution in [2.75, 3.05) is 19.6 Å². The lowest BCUT2D eigenvalue weighted by Crippen LogP contribution is -2.43. The molecule has 1 saturated heterocycles. The zero-order valence-corrected chi connectivity index (χ0v) is 11.6. The number of carboxylic acid groups (broad SMARTS) is 1. The molecule has 1 atom stereocenters. The molecule has 0 aromatic rings. The zero-order chi connectivity index (χ0) is 14.5. The van der Waals surface area contributed by atoms with Crippen LogP contribution in [0, 0.1) is 23.7 Å². The molecule has 0 bridgehead atoms. The van der Waals surface area contributed by atoms with E-state index in [4.69, 9.17) is 6.42 Å². The van der Waals surface area contributed by atoms with Crippen molar-refractivity contribution < 1.29 is 14.7 Å². The SMILES string of the molecule is C#CCCCNC(=O)N1CCC(C(=O)O)(C(C)C)C1. The van der Waals surface area contributed by atoms with Crippen LogP contribution in [-0.4, -0.2) is 41.6 Å². The lowest BCUT2D eigenvalue weighted by molar-refractivity contribution is -0.150. The van der Waals surface area contributed by atoms with Crippen molar-refractivity contribution >= 4 is 12.0 Å². The van der Waals surface area contributed by atoms with E-state index >= 15 is 0 Å². The molecule has 0 aromatic heterocycles. The number of urea groups is 1. The monoisotopic (exact) mass is 266 g/mol. The van der Waals surface area contributed by atoms with Crippen molar-refractivity contribution in [2.24, 2.45) is 11.3 Å². The Kier molecular flexibility index (Phi) is 5.22. The van der Waals surface area contributed by atoms with E-state index in [1.165, 1.54) is 0 Å². The molecule has 1 aliphatic heterocycles. The first-order valence-corrected chi connectivity index (χ1v) is 6.63. The fraction of sp³-hybridized carbons (Fsp3) is 0.714. The normalized spacial score (nSPS) is 22.3. The molecule has 1 rings (SSSR count). The van der Waals surface area contributed by atoms with Crippen LogP contribution in [0.4, 0.5) is 4.79 Å². The van der Waals surface area contributed by atoms with Crippen LogP contribution in [0.25, 0.3) is 0 Å². The highest BCUT2D eigenvalue weighted by molar-refractivity contribution is 5.80. The van der Waals surface area contributed by atoms with Gasteiger partial charge in [0.2, 0.25) is 0 Å². The summed E-state index contributed by atoms with van der Waals surface area (Å²) in [6, 6.07) is -0.194. The lowest BCUT2D eigenvalue weighted by atomic mass is 9.76.